The topological polar surface area (TPSA) is 129 Å². The molecule has 0 fully saturated rings. The molecule has 0 saturated heterocycles. The van der Waals surface area contributed by atoms with Crippen molar-refractivity contribution < 1.29 is 14.1 Å². The Morgan fingerprint density at radius 2 is 2.19 bits per heavy atom. The Morgan fingerprint density at radius 1 is 1.34 bits per heavy atom. The van der Waals surface area contributed by atoms with Crippen molar-refractivity contribution in [2.24, 2.45) is 0 Å². The fourth-order valence-electron chi connectivity index (χ4n) is 3.02. The molecule has 0 bridgehead atoms. The maximum absolute atomic E-state index is 12.4. The van der Waals surface area contributed by atoms with Gasteiger partial charge in [0.15, 0.2) is 16.1 Å². The molecule has 0 aliphatic carbocycles. The molecule has 4 aromatic rings. The number of benzene rings is 1. The van der Waals surface area contributed by atoms with Crippen molar-refractivity contribution in [3.05, 3.63) is 57.8 Å². The van der Waals surface area contributed by atoms with Crippen LogP contribution in [-0.2, 0) is 11.3 Å². The van der Waals surface area contributed by atoms with Gasteiger partial charge in [0.05, 0.1) is 28.2 Å². The van der Waals surface area contributed by atoms with Crippen LogP contribution in [0.1, 0.15) is 12.7 Å². The van der Waals surface area contributed by atoms with Crippen molar-refractivity contribution in [3.8, 4) is 22.6 Å². The number of thioether (sulfide) groups is 1. The lowest BCUT2D eigenvalue weighted by Crippen LogP contribution is -2.14. The number of nitrogens with one attached hydrogen (secondary N) is 1. The molecule has 12 heteroatoms. The lowest BCUT2D eigenvalue weighted by atomic mass is 10.1. The minimum atomic E-state index is -0.454. The number of nitrogens with zero attached hydrogens (tertiary/aromatic N) is 5. The Morgan fingerprint density at radius 3 is 2.91 bits per heavy atom. The highest BCUT2D eigenvalue weighted by atomic mass is 32.2. The number of furan rings is 1. The van der Waals surface area contributed by atoms with Gasteiger partial charge in [0.2, 0.25) is 5.91 Å². The van der Waals surface area contributed by atoms with Crippen LogP contribution in [-0.4, -0.2) is 36.3 Å². The third kappa shape index (κ3) is 4.55. The predicted octanol–water partition coefficient (Wildman–Crippen LogP) is 4.63. The Kier molecular flexibility index (Phi) is 6.32. The maximum atomic E-state index is 12.4. The van der Waals surface area contributed by atoms with Crippen molar-refractivity contribution in [3.63, 3.8) is 0 Å². The number of thiazole rings is 1. The summed E-state index contributed by atoms with van der Waals surface area (Å²) in [5, 5.41) is 25.0. The number of non-ortho nitro benzene ring substituents is 1. The third-order valence-electron chi connectivity index (χ3n) is 4.57. The molecule has 1 N–H and O–H groups in total. The summed E-state index contributed by atoms with van der Waals surface area (Å²) in [6.07, 6.45) is 1.61. The van der Waals surface area contributed by atoms with E-state index < -0.39 is 4.92 Å². The SMILES string of the molecule is CCn1c(SCC(=O)Nc2nc(-c3cccc([N+](=O)[O-])c3)cs2)nnc1-c1ccoc1C. The molecule has 0 aliphatic rings. The number of hydrogen-bond acceptors (Lipinski definition) is 9. The lowest BCUT2D eigenvalue weighted by Gasteiger charge is -2.06. The van der Waals surface area contributed by atoms with E-state index in [1.54, 1.807) is 23.8 Å². The van der Waals surface area contributed by atoms with Gasteiger partial charge in [0, 0.05) is 29.6 Å². The highest BCUT2D eigenvalue weighted by Gasteiger charge is 2.18. The largest absolute Gasteiger partial charge is 0.469 e. The van der Waals surface area contributed by atoms with E-state index in [2.05, 4.69) is 20.5 Å². The van der Waals surface area contributed by atoms with Gasteiger partial charge in [0.1, 0.15) is 5.76 Å². The fraction of sp³-hybridized carbons (Fsp3) is 0.200. The first-order valence-corrected chi connectivity index (χ1v) is 11.4. The van der Waals surface area contributed by atoms with Gasteiger partial charge in [-0.25, -0.2) is 4.98 Å². The zero-order valence-corrected chi connectivity index (χ0v) is 18.8. The fourth-order valence-corrected chi connectivity index (χ4v) is 4.56. The Hall–Kier alpha value is -3.51. The second-order valence-electron chi connectivity index (χ2n) is 6.62. The van der Waals surface area contributed by atoms with Crippen LogP contribution in [0.25, 0.3) is 22.6 Å². The number of rotatable bonds is 8. The number of hydrogen-bond donors (Lipinski definition) is 1. The molecule has 0 radical (unpaired) electrons. The summed E-state index contributed by atoms with van der Waals surface area (Å²) in [4.78, 5) is 27.3. The number of carbonyl (C=O) groups excluding carboxylic acids is 1. The standard InChI is InChI=1S/C20H18N6O4S2/c1-3-25-18(15-7-8-30-12(15)2)23-24-20(25)32-11-17(27)22-19-21-16(10-31-19)13-5-4-6-14(9-13)26(28)29/h4-10H,3,11H2,1-2H3,(H,21,22,27). The summed E-state index contributed by atoms with van der Waals surface area (Å²) in [6.45, 7) is 4.49. The molecule has 3 aromatic heterocycles. The molecule has 4 rings (SSSR count). The highest BCUT2D eigenvalue weighted by Crippen LogP contribution is 2.29. The number of aryl methyl sites for hydroxylation is 1. The molecule has 164 valence electrons. The second-order valence-corrected chi connectivity index (χ2v) is 8.42. The Bertz CT molecular complexity index is 1280. The van der Waals surface area contributed by atoms with E-state index in [1.165, 1.54) is 35.2 Å². The summed E-state index contributed by atoms with van der Waals surface area (Å²) in [5.74, 6) is 1.35. The molecule has 0 spiro atoms. The molecule has 32 heavy (non-hydrogen) atoms. The van der Waals surface area contributed by atoms with Crippen molar-refractivity contribution in [2.45, 2.75) is 25.5 Å². The first-order valence-electron chi connectivity index (χ1n) is 9.57. The monoisotopic (exact) mass is 470 g/mol. The van der Waals surface area contributed by atoms with Crippen molar-refractivity contribution >= 4 is 39.8 Å². The summed E-state index contributed by atoms with van der Waals surface area (Å²) in [5.41, 5.74) is 2.03. The molecule has 1 aromatic carbocycles. The normalized spacial score (nSPS) is 10.9. The van der Waals surface area contributed by atoms with Crippen molar-refractivity contribution in [1.82, 2.24) is 19.7 Å². The van der Waals surface area contributed by atoms with Crippen molar-refractivity contribution in [1.29, 1.82) is 0 Å². The van der Waals surface area contributed by atoms with Gasteiger partial charge in [-0.3, -0.25) is 14.9 Å². The number of amides is 1. The van der Waals surface area contributed by atoms with E-state index in [9.17, 15) is 14.9 Å². The van der Waals surface area contributed by atoms with E-state index in [-0.39, 0.29) is 17.3 Å². The Balaban J connectivity index is 1.40. The molecule has 3 heterocycles. The summed E-state index contributed by atoms with van der Waals surface area (Å²) >= 11 is 2.53. The number of aromatic nitrogens is 4. The molecule has 10 nitrogen and oxygen atoms in total. The first-order chi connectivity index (χ1) is 15.5. The number of anilines is 1. The molecular weight excluding hydrogens is 452 g/mol. The quantitative estimate of drug-likeness (QED) is 0.224. The van der Waals surface area contributed by atoms with E-state index in [0.717, 1.165) is 11.3 Å². The first kappa shape index (κ1) is 21.7. The van der Waals surface area contributed by atoms with Crippen LogP contribution in [0.4, 0.5) is 10.8 Å². The van der Waals surface area contributed by atoms with Crippen LogP contribution < -0.4 is 5.32 Å². The van der Waals surface area contributed by atoms with Gasteiger partial charge >= 0.3 is 0 Å². The molecule has 0 aliphatic heterocycles. The van der Waals surface area contributed by atoms with Crippen LogP contribution in [0.5, 0.6) is 0 Å². The summed E-state index contributed by atoms with van der Waals surface area (Å²) in [6, 6.07) is 8.05. The maximum Gasteiger partial charge on any atom is 0.270 e. The molecular formula is C20H18N6O4S2. The summed E-state index contributed by atoms with van der Waals surface area (Å²) in [7, 11) is 0. The molecule has 0 atom stereocenters. The van der Waals surface area contributed by atoms with Gasteiger partial charge < -0.3 is 14.3 Å². The van der Waals surface area contributed by atoms with Crippen LogP contribution in [0.15, 0.2) is 51.5 Å². The van der Waals surface area contributed by atoms with Gasteiger partial charge in [-0.05, 0) is 19.9 Å². The van der Waals surface area contributed by atoms with Gasteiger partial charge in [-0.1, -0.05) is 23.9 Å². The van der Waals surface area contributed by atoms with Crippen LogP contribution in [0, 0.1) is 17.0 Å². The van der Waals surface area contributed by atoms with Crippen LogP contribution in [0.3, 0.4) is 0 Å². The summed E-state index contributed by atoms with van der Waals surface area (Å²) < 4.78 is 7.28. The van der Waals surface area contributed by atoms with Crippen LogP contribution in [0.2, 0.25) is 0 Å². The molecule has 0 unspecified atom stereocenters. The predicted molar refractivity (Wildman–Crippen MR) is 122 cm³/mol. The van der Waals surface area contributed by atoms with Gasteiger partial charge in [-0.2, -0.15) is 0 Å². The lowest BCUT2D eigenvalue weighted by molar-refractivity contribution is -0.384. The average molecular weight is 471 g/mol. The van der Waals surface area contributed by atoms with Gasteiger partial charge in [-0.15, -0.1) is 21.5 Å². The zero-order chi connectivity index (χ0) is 22.7. The van der Waals surface area contributed by atoms with E-state index in [1.807, 2.05) is 24.5 Å². The average Bonchev–Trinajstić information content (AvgIpc) is 3.51. The van der Waals surface area contributed by atoms with E-state index in [0.29, 0.717) is 33.9 Å². The number of nitro groups is 1. The minimum absolute atomic E-state index is 0.0116. The van der Waals surface area contributed by atoms with Crippen molar-refractivity contribution in [2.75, 3.05) is 11.1 Å². The third-order valence-corrected chi connectivity index (χ3v) is 6.29. The molecule has 1 amide bonds. The smallest absolute Gasteiger partial charge is 0.270 e. The second kappa shape index (κ2) is 9.32. The highest BCUT2D eigenvalue weighted by molar-refractivity contribution is 7.99. The Labute approximate surface area is 190 Å². The van der Waals surface area contributed by atoms with E-state index in [4.69, 9.17) is 4.42 Å². The number of nitro benzene ring substituents is 1. The number of carbonyl (C=O) groups is 1. The minimum Gasteiger partial charge on any atom is -0.469 e. The van der Waals surface area contributed by atoms with E-state index >= 15 is 0 Å². The zero-order valence-electron chi connectivity index (χ0n) is 17.1. The van der Waals surface area contributed by atoms with Crippen LogP contribution >= 0.6 is 23.1 Å². The molecule has 0 saturated carbocycles. The van der Waals surface area contributed by atoms with Gasteiger partial charge in [0.25, 0.3) is 5.69 Å².